The predicted octanol–water partition coefficient (Wildman–Crippen LogP) is 3.68. The zero-order valence-electron chi connectivity index (χ0n) is 14.8. The van der Waals surface area contributed by atoms with Crippen LogP contribution >= 0.6 is 11.3 Å². The van der Waals surface area contributed by atoms with Gasteiger partial charge in [0.15, 0.2) is 0 Å². The van der Waals surface area contributed by atoms with Crippen LogP contribution in [0.25, 0.3) is 10.2 Å². The van der Waals surface area contributed by atoms with Gasteiger partial charge in [-0.15, -0.1) is 11.3 Å². The molecule has 0 saturated heterocycles. The summed E-state index contributed by atoms with van der Waals surface area (Å²) in [5, 5.41) is 9.52. The van der Waals surface area contributed by atoms with E-state index in [1.165, 1.54) is 23.5 Å². The van der Waals surface area contributed by atoms with E-state index >= 15 is 0 Å². The maximum Gasteiger partial charge on any atom is 0.348 e. The Morgan fingerprint density at radius 2 is 2.04 bits per heavy atom. The highest BCUT2D eigenvalue weighted by molar-refractivity contribution is 7.20. The van der Waals surface area contributed by atoms with E-state index in [2.05, 4.69) is 10.2 Å². The summed E-state index contributed by atoms with van der Waals surface area (Å²) in [4.78, 5) is 13.8. The fourth-order valence-corrected chi connectivity index (χ4v) is 3.90. The lowest BCUT2D eigenvalue weighted by Gasteiger charge is -2.03. The molecule has 0 amide bonds. The summed E-state index contributed by atoms with van der Waals surface area (Å²) in [6, 6.07) is 8.13. The second-order valence-corrected chi connectivity index (χ2v) is 7.33. The summed E-state index contributed by atoms with van der Waals surface area (Å²) < 4.78 is 22.0. The van der Waals surface area contributed by atoms with Gasteiger partial charge in [-0.05, 0) is 30.7 Å². The van der Waals surface area contributed by atoms with E-state index in [1.54, 1.807) is 23.0 Å². The molecule has 3 aromatic heterocycles. The molecule has 138 valence electrons. The lowest BCUT2D eigenvalue weighted by molar-refractivity contribution is 0.0478. The van der Waals surface area contributed by atoms with Gasteiger partial charge in [-0.25, -0.2) is 9.18 Å². The van der Waals surface area contributed by atoms with E-state index in [0.717, 1.165) is 27.0 Å². The number of thiophene rings is 1. The van der Waals surface area contributed by atoms with Crippen LogP contribution in [0.3, 0.4) is 0 Å². The first-order valence-electron chi connectivity index (χ1n) is 8.35. The number of aromatic nitrogens is 4. The summed E-state index contributed by atoms with van der Waals surface area (Å²) in [6.45, 7) is 2.60. The number of rotatable bonds is 5. The number of halogens is 1. The van der Waals surface area contributed by atoms with Gasteiger partial charge in [0.25, 0.3) is 0 Å². The Bertz CT molecular complexity index is 1110. The van der Waals surface area contributed by atoms with Crippen LogP contribution in [0.4, 0.5) is 4.39 Å². The summed E-state index contributed by atoms with van der Waals surface area (Å²) in [5.74, 6) is -0.636. The number of nitrogens with zero attached hydrogens (tertiary/aromatic N) is 4. The van der Waals surface area contributed by atoms with Gasteiger partial charge in [0.1, 0.15) is 22.1 Å². The minimum absolute atomic E-state index is 0.182. The first-order chi connectivity index (χ1) is 13.0. The molecule has 8 heteroatoms. The van der Waals surface area contributed by atoms with E-state index in [0.29, 0.717) is 11.4 Å². The van der Waals surface area contributed by atoms with Crippen LogP contribution in [0.1, 0.15) is 26.5 Å². The molecule has 3 heterocycles. The van der Waals surface area contributed by atoms with Crippen molar-refractivity contribution in [2.24, 2.45) is 7.05 Å². The molecule has 0 aliphatic heterocycles. The number of aryl methyl sites for hydroxylation is 2. The van der Waals surface area contributed by atoms with E-state index in [-0.39, 0.29) is 18.4 Å². The zero-order valence-corrected chi connectivity index (χ0v) is 15.7. The number of carbonyl (C=O) groups excluding carboxylic acids is 1. The molecular weight excluding hydrogens is 367 g/mol. The van der Waals surface area contributed by atoms with Gasteiger partial charge in [0, 0.05) is 24.2 Å². The van der Waals surface area contributed by atoms with Gasteiger partial charge in [-0.2, -0.15) is 10.2 Å². The minimum atomic E-state index is -0.368. The lowest BCUT2D eigenvalue weighted by atomic mass is 10.2. The number of fused-ring (bicyclic) bond motifs is 1. The molecule has 27 heavy (non-hydrogen) atoms. The van der Waals surface area contributed by atoms with Crippen LogP contribution in [0.5, 0.6) is 0 Å². The molecule has 0 spiro atoms. The number of ether oxygens (including phenoxy) is 1. The molecule has 0 N–H and O–H groups in total. The topological polar surface area (TPSA) is 61.9 Å². The van der Waals surface area contributed by atoms with Crippen molar-refractivity contribution < 1.29 is 13.9 Å². The number of hydrogen-bond donors (Lipinski definition) is 0. The summed E-state index contributed by atoms with van der Waals surface area (Å²) in [6.07, 6.45) is 3.48. The van der Waals surface area contributed by atoms with Crippen molar-refractivity contribution in [3.05, 3.63) is 70.2 Å². The summed E-state index contributed by atoms with van der Waals surface area (Å²) in [5.41, 5.74) is 2.62. The highest BCUT2D eigenvalue weighted by Crippen LogP contribution is 2.29. The Hall–Kier alpha value is -3.00. The quantitative estimate of drug-likeness (QED) is 0.493. The third kappa shape index (κ3) is 3.61. The van der Waals surface area contributed by atoms with Crippen LogP contribution in [0.2, 0.25) is 0 Å². The molecule has 4 aromatic rings. The highest BCUT2D eigenvalue weighted by Gasteiger charge is 2.18. The van der Waals surface area contributed by atoms with Crippen LogP contribution in [0, 0.1) is 12.7 Å². The van der Waals surface area contributed by atoms with Crippen LogP contribution in [0.15, 0.2) is 42.7 Å². The Labute approximate surface area is 158 Å². The molecule has 0 saturated carbocycles. The number of carbonyl (C=O) groups is 1. The van der Waals surface area contributed by atoms with Gasteiger partial charge in [0.2, 0.25) is 0 Å². The average Bonchev–Trinajstić information content (AvgIpc) is 3.33. The molecule has 0 radical (unpaired) electrons. The van der Waals surface area contributed by atoms with E-state index in [9.17, 15) is 9.18 Å². The fraction of sp³-hybridized carbons (Fsp3) is 0.211. The normalized spacial score (nSPS) is 11.2. The third-order valence-corrected chi connectivity index (χ3v) is 5.31. The first kappa shape index (κ1) is 17.4. The van der Waals surface area contributed by atoms with Crippen LogP contribution in [-0.4, -0.2) is 25.5 Å². The molecule has 4 rings (SSSR count). The zero-order chi connectivity index (χ0) is 19.0. The van der Waals surface area contributed by atoms with Gasteiger partial charge < -0.3 is 4.74 Å². The van der Waals surface area contributed by atoms with Gasteiger partial charge >= 0.3 is 5.97 Å². The van der Waals surface area contributed by atoms with Crippen LogP contribution < -0.4 is 0 Å². The Kier molecular flexibility index (Phi) is 4.49. The monoisotopic (exact) mass is 384 g/mol. The van der Waals surface area contributed by atoms with Crippen molar-refractivity contribution in [3.63, 3.8) is 0 Å². The molecule has 1 aromatic carbocycles. The van der Waals surface area contributed by atoms with Crippen LogP contribution in [-0.2, 0) is 24.9 Å². The maximum absolute atomic E-state index is 13.1. The van der Waals surface area contributed by atoms with Crippen molar-refractivity contribution in [1.82, 2.24) is 19.6 Å². The molecule has 0 aliphatic rings. The average molecular weight is 384 g/mol. The largest absolute Gasteiger partial charge is 0.457 e. The Balaban J connectivity index is 1.54. The molecule has 0 atom stereocenters. The molecule has 0 aliphatic carbocycles. The second-order valence-electron chi connectivity index (χ2n) is 6.30. The van der Waals surface area contributed by atoms with E-state index < -0.39 is 0 Å². The SMILES string of the molecule is Cc1nn(Cc2ccc(F)cc2)c2sc(C(=O)OCc3cnn(C)c3)cc12. The lowest BCUT2D eigenvalue weighted by Crippen LogP contribution is -2.03. The molecule has 0 fully saturated rings. The predicted molar refractivity (Wildman–Crippen MR) is 100 cm³/mol. The van der Waals surface area contributed by atoms with E-state index in [4.69, 9.17) is 4.74 Å². The highest BCUT2D eigenvalue weighted by atomic mass is 32.1. The Morgan fingerprint density at radius 1 is 1.26 bits per heavy atom. The van der Waals surface area contributed by atoms with Gasteiger partial charge in [-0.1, -0.05) is 12.1 Å². The van der Waals surface area contributed by atoms with Crippen molar-refractivity contribution >= 4 is 27.5 Å². The van der Waals surface area contributed by atoms with Gasteiger partial charge in [0.05, 0.1) is 18.4 Å². The first-order valence-corrected chi connectivity index (χ1v) is 9.17. The van der Waals surface area contributed by atoms with Crippen molar-refractivity contribution in [3.8, 4) is 0 Å². The molecule has 0 bridgehead atoms. The fourth-order valence-electron chi connectivity index (χ4n) is 2.85. The number of hydrogen-bond acceptors (Lipinski definition) is 5. The minimum Gasteiger partial charge on any atom is -0.457 e. The number of benzene rings is 1. The maximum atomic E-state index is 13.1. The Morgan fingerprint density at radius 3 is 2.74 bits per heavy atom. The van der Waals surface area contributed by atoms with Crippen molar-refractivity contribution in [2.75, 3.05) is 0 Å². The molecule has 6 nitrogen and oxygen atoms in total. The summed E-state index contributed by atoms with van der Waals surface area (Å²) in [7, 11) is 1.81. The van der Waals surface area contributed by atoms with Crippen molar-refractivity contribution in [2.45, 2.75) is 20.1 Å². The van der Waals surface area contributed by atoms with Crippen molar-refractivity contribution in [1.29, 1.82) is 0 Å². The summed E-state index contributed by atoms with van der Waals surface area (Å²) >= 11 is 1.35. The number of esters is 1. The molecular formula is C19H17FN4O2S. The smallest absolute Gasteiger partial charge is 0.348 e. The molecule has 0 unspecified atom stereocenters. The third-order valence-electron chi connectivity index (χ3n) is 4.18. The standard InChI is InChI=1S/C19H17FN4O2S/c1-12-16-7-17(19(25)26-11-14-8-21-23(2)9-14)27-18(16)24(22-12)10-13-3-5-15(20)6-4-13/h3-9H,10-11H2,1-2H3. The van der Waals surface area contributed by atoms with Gasteiger partial charge in [-0.3, -0.25) is 9.36 Å². The second kappa shape index (κ2) is 6.96. The van der Waals surface area contributed by atoms with E-state index in [1.807, 2.05) is 30.9 Å².